The highest BCUT2D eigenvalue weighted by Crippen LogP contribution is 2.32. The summed E-state index contributed by atoms with van der Waals surface area (Å²) >= 11 is 0. The number of hydrogen-bond acceptors (Lipinski definition) is 7. The van der Waals surface area contributed by atoms with E-state index in [0.29, 0.717) is 38.4 Å². The topological polar surface area (TPSA) is 110 Å². The first-order valence-corrected chi connectivity index (χ1v) is 12.2. The van der Waals surface area contributed by atoms with Crippen LogP contribution >= 0.6 is 0 Å². The van der Waals surface area contributed by atoms with E-state index in [1.807, 2.05) is 16.9 Å². The van der Waals surface area contributed by atoms with Crippen molar-refractivity contribution in [2.45, 2.75) is 31.5 Å². The fourth-order valence-electron chi connectivity index (χ4n) is 4.40. The molecule has 0 aliphatic carbocycles. The van der Waals surface area contributed by atoms with Gasteiger partial charge in [0.25, 0.3) is 7.41 Å². The molecule has 3 aromatic rings. The molecule has 38 heavy (non-hydrogen) atoms. The van der Waals surface area contributed by atoms with Crippen LogP contribution in [-0.2, 0) is 39.8 Å². The molecule has 1 atom stereocenters. The summed E-state index contributed by atoms with van der Waals surface area (Å²) in [6.07, 6.45) is -2.88. The van der Waals surface area contributed by atoms with Crippen molar-refractivity contribution in [2.24, 2.45) is 5.73 Å². The number of rotatable bonds is 10. The van der Waals surface area contributed by atoms with E-state index in [4.69, 9.17) is 10.5 Å². The van der Waals surface area contributed by atoms with E-state index in [9.17, 15) is 22.8 Å². The maximum Gasteiger partial charge on any atom is 0.419 e. The van der Waals surface area contributed by atoms with E-state index >= 15 is 0 Å². The van der Waals surface area contributed by atoms with Gasteiger partial charge in [-0.15, -0.1) is 0 Å². The van der Waals surface area contributed by atoms with Crippen molar-refractivity contribution in [3.8, 4) is 0 Å². The molecule has 1 aliphatic heterocycles. The standard InChI is InChI=1S/C26H27BF3N5O3/c28-26(29,30)21-14-32-25(34-22(21)10-7-17-3-1-2-4-19(17)13-24(31)37)33-20-8-5-18(6-9-20)23-15-35(27-16-36)11-12-38-23/h1-6,8-9,14,16,23,27H,7,10-13,15H2,(H2,31,37)(H,32,33,34). The zero-order chi connectivity index (χ0) is 27.1. The Morgan fingerprint density at radius 1 is 1.16 bits per heavy atom. The fraction of sp³-hybridized carbons (Fsp3) is 0.308. The molecule has 1 amide bonds. The largest absolute Gasteiger partial charge is 0.419 e. The number of halogens is 3. The van der Waals surface area contributed by atoms with Gasteiger partial charge in [0.1, 0.15) is 0 Å². The smallest absolute Gasteiger partial charge is 0.371 e. The molecule has 0 bridgehead atoms. The normalized spacial score (nSPS) is 16.1. The highest BCUT2D eigenvalue weighted by Gasteiger charge is 2.35. The zero-order valence-electron chi connectivity index (χ0n) is 20.6. The molecule has 1 aromatic heterocycles. The van der Waals surface area contributed by atoms with E-state index in [1.165, 1.54) is 0 Å². The van der Waals surface area contributed by atoms with E-state index < -0.39 is 17.6 Å². The highest BCUT2D eigenvalue weighted by molar-refractivity contribution is 6.64. The van der Waals surface area contributed by atoms with Crippen LogP contribution in [0.2, 0.25) is 0 Å². The van der Waals surface area contributed by atoms with Gasteiger partial charge in [-0.05, 0) is 41.7 Å². The monoisotopic (exact) mass is 525 g/mol. The molecule has 2 aromatic carbocycles. The van der Waals surface area contributed by atoms with Crippen molar-refractivity contribution in [1.29, 1.82) is 0 Å². The molecular weight excluding hydrogens is 498 g/mol. The third-order valence-electron chi connectivity index (χ3n) is 6.31. The summed E-state index contributed by atoms with van der Waals surface area (Å²) in [6.45, 7) is 1.81. The van der Waals surface area contributed by atoms with E-state index in [0.717, 1.165) is 23.5 Å². The summed E-state index contributed by atoms with van der Waals surface area (Å²) in [6, 6.07) is 14.3. The number of primary amides is 1. The number of benzene rings is 2. The molecule has 1 fully saturated rings. The van der Waals surface area contributed by atoms with Crippen LogP contribution in [0.1, 0.15) is 34.1 Å². The second kappa shape index (κ2) is 12.2. The summed E-state index contributed by atoms with van der Waals surface area (Å²) in [5.74, 6) is -0.474. The van der Waals surface area contributed by atoms with Crippen LogP contribution in [0, 0.1) is 0 Å². The number of carbonyl (C=O) groups excluding carboxylic acids is 2. The average Bonchev–Trinajstić information content (AvgIpc) is 2.88. The minimum Gasteiger partial charge on any atom is -0.371 e. The predicted octanol–water partition coefficient (Wildman–Crippen LogP) is 2.97. The number of aryl methyl sites for hydroxylation is 2. The number of alkyl halides is 3. The van der Waals surface area contributed by atoms with Gasteiger partial charge in [0.15, 0.2) is 0 Å². The van der Waals surface area contributed by atoms with Crippen molar-refractivity contribution >= 4 is 31.1 Å². The van der Waals surface area contributed by atoms with E-state index in [1.54, 1.807) is 36.4 Å². The molecule has 1 aliphatic rings. The molecule has 198 valence electrons. The van der Waals surface area contributed by atoms with Crippen molar-refractivity contribution < 1.29 is 27.5 Å². The Balaban J connectivity index is 1.49. The number of nitrogens with zero attached hydrogens (tertiary/aromatic N) is 3. The van der Waals surface area contributed by atoms with Crippen molar-refractivity contribution in [2.75, 3.05) is 25.0 Å². The Bertz CT molecular complexity index is 1270. The Morgan fingerprint density at radius 2 is 1.89 bits per heavy atom. The fourth-order valence-corrected chi connectivity index (χ4v) is 4.40. The van der Waals surface area contributed by atoms with Crippen LogP contribution < -0.4 is 11.1 Å². The molecule has 8 nitrogen and oxygen atoms in total. The number of anilines is 2. The van der Waals surface area contributed by atoms with Gasteiger partial charge in [0, 0.05) is 25.0 Å². The minimum atomic E-state index is -4.61. The lowest BCUT2D eigenvalue weighted by atomic mass is 9.92. The van der Waals surface area contributed by atoms with E-state index in [-0.39, 0.29) is 37.0 Å². The Labute approximate surface area is 218 Å². The van der Waals surface area contributed by atoms with Gasteiger partial charge in [-0.25, -0.2) is 9.97 Å². The number of hydrogen-bond donors (Lipinski definition) is 2. The number of carbonyl (C=O) groups is 2. The third kappa shape index (κ3) is 7.17. The van der Waals surface area contributed by atoms with Crippen molar-refractivity contribution in [3.05, 3.63) is 82.7 Å². The van der Waals surface area contributed by atoms with Crippen LogP contribution in [0.15, 0.2) is 54.7 Å². The summed E-state index contributed by atoms with van der Waals surface area (Å²) < 4.78 is 46.9. The first-order chi connectivity index (χ1) is 18.2. The lowest BCUT2D eigenvalue weighted by Gasteiger charge is -2.32. The quantitative estimate of drug-likeness (QED) is 0.310. The van der Waals surface area contributed by atoms with Crippen molar-refractivity contribution in [1.82, 2.24) is 14.8 Å². The van der Waals surface area contributed by atoms with Crippen LogP contribution in [0.25, 0.3) is 0 Å². The maximum absolute atomic E-state index is 13.7. The Hall–Kier alpha value is -3.77. The number of morpholine rings is 1. The molecular formula is C26H27BF3N5O3. The number of ether oxygens (including phenoxy) is 1. The summed E-state index contributed by atoms with van der Waals surface area (Å²) in [5, 5.41) is 2.97. The summed E-state index contributed by atoms with van der Waals surface area (Å²) in [5.41, 5.74) is 7.20. The SMILES string of the molecule is NC(=O)Cc1ccccc1CCc1nc(Nc2ccc(C3CN(BC=O)CCO3)cc2)ncc1C(F)(F)F. The minimum absolute atomic E-state index is 0.00291. The van der Waals surface area contributed by atoms with Crippen LogP contribution in [0.4, 0.5) is 24.8 Å². The van der Waals surface area contributed by atoms with E-state index in [2.05, 4.69) is 15.3 Å². The average molecular weight is 525 g/mol. The van der Waals surface area contributed by atoms with Gasteiger partial charge in [-0.2, -0.15) is 13.2 Å². The maximum atomic E-state index is 13.7. The highest BCUT2D eigenvalue weighted by atomic mass is 19.4. The third-order valence-corrected chi connectivity index (χ3v) is 6.31. The molecule has 0 saturated carbocycles. The van der Waals surface area contributed by atoms with Crippen LogP contribution in [0.3, 0.4) is 0 Å². The van der Waals surface area contributed by atoms with Crippen molar-refractivity contribution in [3.63, 3.8) is 0 Å². The number of amides is 1. The van der Waals surface area contributed by atoms with Gasteiger partial charge < -0.3 is 25.4 Å². The van der Waals surface area contributed by atoms with Gasteiger partial charge in [-0.3, -0.25) is 4.79 Å². The first kappa shape index (κ1) is 27.3. The molecule has 1 unspecified atom stereocenters. The zero-order valence-corrected chi connectivity index (χ0v) is 20.6. The van der Waals surface area contributed by atoms with Gasteiger partial charge >= 0.3 is 6.18 Å². The van der Waals surface area contributed by atoms with Gasteiger partial charge in [-0.1, -0.05) is 36.4 Å². The number of aromatic nitrogens is 2. The molecule has 3 N–H and O–H groups in total. The Morgan fingerprint density at radius 3 is 2.58 bits per heavy atom. The second-order valence-corrected chi connectivity index (χ2v) is 9.00. The van der Waals surface area contributed by atoms with Crippen LogP contribution in [-0.4, -0.2) is 54.0 Å². The number of nitrogens with two attached hydrogens (primary N) is 1. The molecule has 12 heteroatoms. The number of nitrogens with one attached hydrogen (secondary N) is 1. The van der Waals surface area contributed by atoms with Gasteiger partial charge in [0.2, 0.25) is 11.9 Å². The summed E-state index contributed by atoms with van der Waals surface area (Å²) in [7, 11) is 0.351. The molecule has 4 rings (SSSR count). The second-order valence-electron chi connectivity index (χ2n) is 9.00. The molecule has 2 heterocycles. The van der Waals surface area contributed by atoms with Gasteiger partial charge in [0.05, 0.1) is 36.6 Å². The lowest BCUT2D eigenvalue weighted by Crippen LogP contribution is -2.41. The van der Waals surface area contributed by atoms with Crippen LogP contribution in [0.5, 0.6) is 0 Å². The molecule has 0 spiro atoms. The first-order valence-electron chi connectivity index (χ1n) is 12.2. The molecule has 0 radical (unpaired) electrons. The summed E-state index contributed by atoms with van der Waals surface area (Å²) in [4.78, 5) is 32.3. The lowest BCUT2D eigenvalue weighted by molar-refractivity contribution is -0.138. The molecule has 1 saturated heterocycles. The predicted molar refractivity (Wildman–Crippen MR) is 138 cm³/mol. The Kier molecular flexibility index (Phi) is 8.75.